The van der Waals surface area contributed by atoms with Crippen LogP contribution in [-0.4, -0.2) is 67.8 Å². The van der Waals surface area contributed by atoms with Gasteiger partial charge in [-0.2, -0.15) is 13.2 Å². The summed E-state index contributed by atoms with van der Waals surface area (Å²) in [7, 11) is 0. The quantitative estimate of drug-likeness (QED) is 0.0748. The molecule has 0 bridgehead atoms. The van der Waals surface area contributed by atoms with Crippen molar-refractivity contribution in [2.75, 3.05) is 13.2 Å². The van der Waals surface area contributed by atoms with Crippen molar-refractivity contribution >= 4 is 11.6 Å². The highest BCUT2D eigenvalue weighted by Gasteiger charge is 2.53. The van der Waals surface area contributed by atoms with Gasteiger partial charge >= 0.3 is 6.18 Å². The van der Waals surface area contributed by atoms with Crippen molar-refractivity contribution in [3.63, 3.8) is 0 Å². The summed E-state index contributed by atoms with van der Waals surface area (Å²) in [5.41, 5.74) is 7.32. The minimum absolute atomic E-state index is 0.0118. The number of nitrogens with two attached hydrogens (primary N) is 1. The number of hydrogen-bond donors (Lipinski definition) is 1. The zero-order valence-corrected chi connectivity index (χ0v) is 31.5. The van der Waals surface area contributed by atoms with Gasteiger partial charge in [0, 0.05) is 6.61 Å². The molecule has 55 heavy (non-hydrogen) atoms. The van der Waals surface area contributed by atoms with Crippen molar-refractivity contribution in [1.29, 1.82) is 0 Å². The van der Waals surface area contributed by atoms with Gasteiger partial charge in [0.05, 0.1) is 37.2 Å². The Labute approximate surface area is 321 Å². The lowest BCUT2D eigenvalue weighted by atomic mass is 10.0. The summed E-state index contributed by atoms with van der Waals surface area (Å²) in [6.07, 6.45) is -10.2. The molecule has 2 N–H and O–H groups in total. The Balaban J connectivity index is 1.54. The van der Waals surface area contributed by atoms with Crippen molar-refractivity contribution in [2.45, 2.75) is 102 Å². The highest BCUT2D eigenvalue weighted by Crippen LogP contribution is 2.36. The van der Waals surface area contributed by atoms with E-state index >= 15 is 0 Å². The molecule has 6 atom stereocenters. The van der Waals surface area contributed by atoms with Gasteiger partial charge in [-0.1, -0.05) is 109 Å². The Kier molecular flexibility index (Phi) is 15.8. The van der Waals surface area contributed by atoms with Crippen LogP contribution in [0.15, 0.2) is 126 Å². The lowest BCUT2D eigenvalue weighted by molar-refractivity contribution is -0.373. The molecule has 0 radical (unpaired) electrons. The standard InChI is InChI=1S/C43H51F3N2O7/c1-31(24-26-47)49-27-25-42(2,3)55-40-38(52-30-34-20-12-6-13-21-34)36(50-28-32-16-8-4-9-17-32)37(51-29-33-18-10-5-11-19-33)39(53-40)54-41(43(44,45)46)48-35-22-14-7-15-23-35/h4-23,31,36-40H,24-30,47H2,1-3H3/b48-41+. The van der Waals surface area contributed by atoms with Crippen LogP contribution in [0.1, 0.15) is 50.3 Å². The Morgan fingerprint density at radius 2 is 1.15 bits per heavy atom. The highest BCUT2D eigenvalue weighted by atomic mass is 19.4. The Hall–Kier alpha value is -4.14. The first-order valence-electron chi connectivity index (χ1n) is 18.5. The van der Waals surface area contributed by atoms with E-state index in [9.17, 15) is 13.2 Å². The van der Waals surface area contributed by atoms with E-state index in [4.69, 9.17) is 38.9 Å². The molecule has 1 saturated heterocycles. The first-order valence-corrected chi connectivity index (χ1v) is 18.5. The minimum Gasteiger partial charge on any atom is -0.441 e. The van der Waals surface area contributed by atoms with Crippen molar-refractivity contribution in [1.82, 2.24) is 0 Å². The Morgan fingerprint density at radius 3 is 1.62 bits per heavy atom. The average Bonchev–Trinajstić information content (AvgIpc) is 3.17. The number of benzene rings is 4. The van der Waals surface area contributed by atoms with Gasteiger partial charge in [0.2, 0.25) is 6.29 Å². The summed E-state index contributed by atoms with van der Waals surface area (Å²) in [5, 5.41) is 0. The van der Waals surface area contributed by atoms with Gasteiger partial charge in [-0.05, 0) is 69.0 Å². The van der Waals surface area contributed by atoms with Gasteiger partial charge in [-0.15, -0.1) is 0 Å². The maximum absolute atomic E-state index is 14.8. The van der Waals surface area contributed by atoms with Crippen LogP contribution in [0.4, 0.5) is 18.9 Å². The Bertz CT molecular complexity index is 1700. The summed E-state index contributed by atoms with van der Waals surface area (Å²) in [5.74, 6) is -1.51. The van der Waals surface area contributed by atoms with Gasteiger partial charge in [0.25, 0.3) is 5.90 Å². The second-order valence-electron chi connectivity index (χ2n) is 13.9. The number of hydrogen-bond acceptors (Lipinski definition) is 9. The summed E-state index contributed by atoms with van der Waals surface area (Å²) in [4.78, 5) is 3.86. The first-order chi connectivity index (χ1) is 26.5. The molecule has 5 rings (SSSR count). The smallest absolute Gasteiger partial charge is 0.441 e. The van der Waals surface area contributed by atoms with Crippen molar-refractivity contribution in [3.05, 3.63) is 138 Å². The monoisotopic (exact) mass is 764 g/mol. The zero-order valence-electron chi connectivity index (χ0n) is 31.5. The molecule has 0 aliphatic carbocycles. The molecule has 1 aliphatic heterocycles. The third-order valence-corrected chi connectivity index (χ3v) is 8.88. The second kappa shape index (κ2) is 20.7. The second-order valence-corrected chi connectivity index (χ2v) is 13.9. The van der Waals surface area contributed by atoms with E-state index in [1.165, 1.54) is 12.1 Å². The van der Waals surface area contributed by atoms with E-state index in [-0.39, 0.29) is 31.6 Å². The molecule has 0 spiro atoms. The van der Waals surface area contributed by atoms with Crippen LogP contribution in [-0.2, 0) is 53.0 Å². The molecular weight excluding hydrogens is 713 g/mol. The van der Waals surface area contributed by atoms with E-state index in [2.05, 4.69) is 4.99 Å². The zero-order chi connectivity index (χ0) is 39.1. The number of halogens is 3. The molecule has 296 valence electrons. The summed E-state index contributed by atoms with van der Waals surface area (Å²) < 4.78 is 88.7. The molecule has 1 aliphatic rings. The SMILES string of the molecule is CC(CCN)OCCC(C)(C)OC1OC(O/C(=N/c2ccccc2)C(F)(F)F)C(OCc2ccccc2)C(OCc2ccccc2)C1OCc1ccccc1. The van der Waals surface area contributed by atoms with Crippen LogP contribution < -0.4 is 5.73 Å². The third kappa shape index (κ3) is 13.5. The molecule has 6 unspecified atom stereocenters. The summed E-state index contributed by atoms with van der Waals surface area (Å²) in [6, 6.07) is 35.9. The fourth-order valence-electron chi connectivity index (χ4n) is 5.89. The summed E-state index contributed by atoms with van der Waals surface area (Å²) in [6.45, 7) is 6.71. The topological polar surface area (TPSA) is 103 Å². The molecule has 4 aromatic carbocycles. The van der Waals surface area contributed by atoms with Crippen LogP contribution in [0.2, 0.25) is 0 Å². The molecule has 9 nitrogen and oxygen atoms in total. The van der Waals surface area contributed by atoms with Gasteiger partial charge in [0.1, 0.15) is 18.3 Å². The fraction of sp³-hybridized carbons (Fsp3) is 0.419. The third-order valence-electron chi connectivity index (χ3n) is 8.88. The van der Waals surface area contributed by atoms with Crippen molar-refractivity contribution < 1.29 is 46.3 Å². The summed E-state index contributed by atoms with van der Waals surface area (Å²) >= 11 is 0. The number of ether oxygens (including phenoxy) is 7. The van der Waals surface area contributed by atoms with E-state index in [0.29, 0.717) is 26.0 Å². The molecule has 1 heterocycles. The van der Waals surface area contributed by atoms with Crippen LogP contribution in [0.25, 0.3) is 0 Å². The number of rotatable bonds is 19. The largest absolute Gasteiger partial charge is 0.468 e. The maximum Gasteiger partial charge on any atom is 0.468 e. The average molecular weight is 765 g/mol. The fourth-order valence-corrected chi connectivity index (χ4v) is 5.89. The molecule has 0 saturated carbocycles. The van der Waals surface area contributed by atoms with Crippen molar-refractivity contribution in [2.24, 2.45) is 10.7 Å². The highest BCUT2D eigenvalue weighted by molar-refractivity contribution is 5.84. The van der Waals surface area contributed by atoms with Crippen molar-refractivity contribution in [3.8, 4) is 0 Å². The van der Waals surface area contributed by atoms with E-state index in [1.54, 1.807) is 18.2 Å². The number of alkyl halides is 3. The number of aliphatic imine (C=N–C) groups is 1. The van der Waals surface area contributed by atoms with Crippen LogP contribution in [0, 0.1) is 0 Å². The lowest BCUT2D eigenvalue weighted by Gasteiger charge is -2.47. The molecule has 12 heteroatoms. The van der Waals surface area contributed by atoms with Crippen LogP contribution in [0.3, 0.4) is 0 Å². The first kappa shape index (κ1) is 42.0. The minimum atomic E-state index is -4.99. The Morgan fingerprint density at radius 1 is 0.691 bits per heavy atom. The van der Waals surface area contributed by atoms with Gasteiger partial charge < -0.3 is 38.9 Å². The normalized spacial score (nSPS) is 21.3. The number of para-hydroxylation sites is 1. The molecule has 0 aromatic heterocycles. The van der Waals surface area contributed by atoms with E-state index in [1.807, 2.05) is 112 Å². The van der Waals surface area contributed by atoms with Gasteiger partial charge in [-0.25, -0.2) is 4.99 Å². The molecule has 0 amide bonds. The van der Waals surface area contributed by atoms with Gasteiger partial charge in [0.15, 0.2) is 6.29 Å². The molecule has 1 fully saturated rings. The maximum atomic E-state index is 14.8. The van der Waals surface area contributed by atoms with Crippen LogP contribution in [0.5, 0.6) is 0 Å². The van der Waals surface area contributed by atoms with E-state index < -0.39 is 48.6 Å². The predicted molar refractivity (Wildman–Crippen MR) is 203 cm³/mol. The molecule has 4 aromatic rings. The van der Waals surface area contributed by atoms with E-state index in [0.717, 1.165) is 16.7 Å². The van der Waals surface area contributed by atoms with Gasteiger partial charge in [-0.3, -0.25) is 0 Å². The lowest BCUT2D eigenvalue weighted by Crippen LogP contribution is -2.63. The number of nitrogens with zero attached hydrogens (tertiary/aromatic N) is 1. The van der Waals surface area contributed by atoms with Crippen LogP contribution >= 0.6 is 0 Å². The molecular formula is C43H51F3N2O7. The predicted octanol–water partition coefficient (Wildman–Crippen LogP) is 8.67.